The van der Waals surface area contributed by atoms with Crippen LogP contribution in [0.2, 0.25) is 0 Å². The summed E-state index contributed by atoms with van der Waals surface area (Å²) in [4.78, 5) is 0. The summed E-state index contributed by atoms with van der Waals surface area (Å²) >= 11 is 0. The first kappa shape index (κ1) is 30.2. The van der Waals surface area contributed by atoms with Crippen LogP contribution in [0.1, 0.15) is 75.3 Å². The van der Waals surface area contributed by atoms with Crippen molar-refractivity contribution < 1.29 is 39.0 Å². The fraction of sp³-hybridized carbons (Fsp3) is 0.562. The van der Waals surface area contributed by atoms with Gasteiger partial charge in [0.15, 0.2) is 23.0 Å². The van der Waals surface area contributed by atoms with Gasteiger partial charge in [0.2, 0.25) is 0 Å². The summed E-state index contributed by atoms with van der Waals surface area (Å²) in [7, 11) is 4.80. The van der Waals surface area contributed by atoms with E-state index in [9.17, 15) is 15.3 Å². The Bertz CT molecular complexity index is 1210. The lowest BCUT2D eigenvalue weighted by Gasteiger charge is -2.24. The molecule has 0 saturated heterocycles. The standard InChI is InChI=1S/C32H44O8/c1-31(2,34)26-17-20-13-19(14-24(36-5)29(20)39-26)11-9-8-10-12-23(33)28(38-7)21-15-22-18-27(32(3,4)35)40-30(22)25(16-21)37-6/h9,11,13-16,23,26-28,33-35H,8,10,12,17-18H2,1-7H3/b11-9+/t23?,26-,27-,28?/m0/s1. The number of fused-ring (bicyclic) bond motifs is 2. The molecule has 2 aromatic carbocycles. The van der Waals surface area contributed by atoms with E-state index >= 15 is 0 Å². The Hall–Kier alpha value is -2.78. The third-order valence-electron chi connectivity index (χ3n) is 7.77. The van der Waals surface area contributed by atoms with Crippen molar-refractivity contribution in [3.8, 4) is 23.0 Å². The molecule has 8 nitrogen and oxygen atoms in total. The highest BCUT2D eigenvalue weighted by Crippen LogP contribution is 2.44. The number of allylic oxidation sites excluding steroid dienone is 1. The molecule has 0 amide bonds. The first-order chi connectivity index (χ1) is 18.8. The lowest BCUT2D eigenvalue weighted by atomic mass is 9.94. The molecule has 0 bridgehead atoms. The second kappa shape index (κ2) is 12.0. The van der Waals surface area contributed by atoms with Crippen molar-refractivity contribution in [3.05, 3.63) is 52.6 Å². The maximum atomic E-state index is 11.0. The molecule has 40 heavy (non-hydrogen) atoms. The molecule has 0 aromatic heterocycles. The van der Waals surface area contributed by atoms with Gasteiger partial charge in [0.05, 0.1) is 31.5 Å². The Balaban J connectivity index is 1.37. The highest BCUT2D eigenvalue weighted by molar-refractivity contribution is 5.61. The average Bonchev–Trinajstić information content (AvgIpc) is 3.53. The van der Waals surface area contributed by atoms with Crippen LogP contribution in [0.4, 0.5) is 0 Å². The third kappa shape index (κ3) is 6.57. The fourth-order valence-corrected chi connectivity index (χ4v) is 5.39. The largest absolute Gasteiger partial charge is 0.493 e. The number of aliphatic hydroxyl groups is 3. The smallest absolute Gasteiger partial charge is 0.165 e. The number of hydrogen-bond donors (Lipinski definition) is 3. The van der Waals surface area contributed by atoms with Gasteiger partial charge in [-0.25, -0.2) is 0 Å². The number of unbranched alkanes of at least 4 members (excludes halogenated alkanes) is 1. The second-order valence-corrected chi connectivity index (χ2v) is 11.9. The molecule has 220 valence electrons. The van der Waals surface area contributed by atoms with Gasteiger partial charge in [-0.05, 0) is 82.3 Å². The Morgan fingerprint density at radius 2 is 1.43 bits per heavy atom. The Morgan fingerprint density at radius 1 is 0.875 bits per heavy atom. The topological polar surface area (TPSA) is 107 Å². The van der Waals surface area contributed by atoms with Gasteiger partial charge in [-0.1, -0.05) is 12.2 Å². The Labute approximate surface area is 237 Å². The molecule has 2 aliphatic heterocycles. The summed E-state index contributed by atoms with van der Waals surface area (Å²) in [6.45, 7) is 6.97. The quantitative estimate of drug-likeness (QED) is 0.321. The zero-order valence-electron chi connectivity index (χ0n) is 24.7. The number of hydrogen-bond acceptors (Lipinski definition) is 8. The molecule has 0 radical (unpaired) electrons. The monoisotopic (exact) mass is 556 g/mol. The van der Waals surface area contributed by atoms with Crippen LogP contribution in [0.25, 0.3) is 6.08 Å². The molecule has 0 aliphatic carbocycles. The van der Waals surface area contributed by atoms with E-state index in [1.807, 2.05) is 24.3 Å². The molecular weight excluding hydrogens is 512 g/mol. The maximum Gasteiger partial charge on any atom is 0.165 e. The fourth-order valence-electron chi connectivity index (χ4n) is 5.39. The van der Waals surface area contributed by atoms with E-state index in [0.717, 1.165) is 35.1 Å². The van der Waals surface area contributed by atoms with E-state index < -0.39 is 23.4 Å². The number of ether oxygens (including phenoxy) is 5. The third-order valence-corrected chi connectivity index (χ3v) is 7.77. The van der Waals surface area contributed by atoms with Crippen LogP contribution in [0.15, 0.2) is 30.3 Å². The van der Waals surface area contributed by atoms with Crippen LogP contribution in [0.3, 0.4) is 0 Å². The molecule has 0 saturated carbocycles. The van der Waals surface area contributed by atoms with E-state index in [0.29, 0.717) is 42.3 Å². The first-order valence-corrected chi connectivity index (χ1v) is 13.9. The first-order valence-electron chi connectivity index (χ1n) is 13.9. The highest BCUT2D eigenvalue weighted by Gasteiger charge is 2.38. The molecule has 3 N–H and O–H groups in total. The molecular formula is C32H44O8. The van der Waals surface area contributed by atoms with Crippen molar-refractivity contribution in [2.24, 2.45) is 0 Å². The summed E-state index contributed by atoms with van der Waals surface area (Å²) in [6.07, 6.45) is 5.52. The van der Waals surface area contributed by atoms with E-state index in [-0.39, 0.29) is 12.2 Å². The Morgan fingerprint density at radius 3 is 1.95 bits per heavy atom. The van der Waals surface area contributed by atoms with Gasteiger partial charge >= 0.3 is 0 Å². The van der Waals surface area contributed by atoms with Crippen molar-refractivity contribution >= 4 is 6.08 Å². The maximum absolute atomic E-state index is 11.0. The number of aliphatic hydroxyl groups excluding tert-OH is 1. The zero-order chi connectivity index (χ0) is 29.2. The predicted octanol–water partition coefficient (Wildman–Crippen LogP) is 4.78. The molecule has 2 heterocycles. The molecule has 2 aromatic rings. The minimum atomic E-state index is -0.991. The number of methoxy groups -OCH3 is 3. The van der Waals surface area contributed by atoms with E-state index in [1.165, 1.54) is 0 Å². The minimum Gasteiger partial charge on any atom is -0.493 e. The van der Waals surface area contributed by atoms with Crippen molar-refractivity contribution in [3.63, 3.8) is 0 Å². The van der Waals surface area contributed by atoms with Gasteiger partial charge < -0.3 is 39.0 Å². The van der Waals surface area contributed by atoms with Crippen LogP contribution in [0.5, 0.6) is 23.0 Å². The molecule has 8 heteroatoms. The minimum absolute atomic E-state index is 0.313. The van der Waals surface area contributed by atoms with Crippen molar-refractivity contribution in [1.82, 2.24) is 0 Å². The van der Waals surface area contributed by atoms with E-state index in [1.54, 1.807) is 49.0 Å². The van der Waals surface area contributed by atoms with Gasteiger partial charge in [0, 0.05) is 31.1 Å². The summed E-state index contributed by atoms with van der Waals surface area (Å²) in [5.41, 5.74) is 1.84. The lowest BCUT2D eigenvalue weighted by Crippen LogP contribution is -2.39. The van der Waals surface area contributed by atoms with Crippen LogP contribution in [0, 0.1) is 0 Å². The number of benzene rings is 2. The van der Waals surface area contributed by atoms with Crippen molar-refractivity contribution in [2.45, 2.75) is 95.4 Å². The molecule has 4 atom stereocenters. The summed E-state index contributed by atoms with van der Waals surface area (Å²) in [6, 6.07) is 7.83. The van der Waals surface area contributed by atoms with Crippen LogP contribution < -0.4 is 18.9 Å². The van der Waals surface area contributed by atoms with Gasteiger partial charge in [-0.2, -0.15) is 0 Å². The van der Waals surface area contributed by atoms with Gasteiger partial charge in [-0.15, -0.1) is 0 Å². The molecule has 0 spiro atoms. The van der Waals surface area contributed by atoms with Gasteiger partial charge in [0.25, 0.3) is 0 Å². The van der Waals surface area contributed by atoms with Crippen LogP contribution in [-0.2, 0) is 17.6 Å². The van der Waals surface area contributed by atoms with Gasteiger partial charge in [-0.3, -0.25) is 0 Å². The molecule has 2 unspecified atom stereocenters. The van der Waals surface area contributed by atoms with Gasteiger partial charge in [0.1, 0.15) is 18.3 Å². The predicted molar refractivity (Wildman–Crippen MR) is 153 cm³/mol. The second-order valence-electron chi connectivity index (χ2n) is 11.9. The molecule has 4 rings (SSSR count). The van der Waals surface area contributed by atoms with Crippen molar-refractivity contribution in [2.75, 3.05) is 21.3 Å². The Kier molecular flexibility index (Phi) is 9.05. The summed E-state index contributed by atoms with van der Waals surface area (Å²) in [5.74, 6) is 2.57. The SMILES string of the molecule is COc1cc(/C=C/CCCC(O)C(OC)c2cc3c(c(OC)c2)O[C@H](C(C)(C)O)C3)cc2c1O[C@H](C(C)(C)O)C2. The van der Waals surface area contributed by atoms with E-state index in [2.05, 4.69) is 12.1 Å². The van der Waals surface area contributed by atoms with Crippen LogP contribution >= 0.6 is 0 Å². The summed E-state index contributed by atoms with van der Waals surface area (Å²) in [5, 5.41) is 31.8. The van der Waals surface area contributed by atoms with E-state index in [4.69, 9.17) is 23.7 Å². The normalized spacial score (nSPS) is 20.1. The zero-order valence-corrected chi connectivity index (χ0v) is 24.7. The lowest BCUT2D eigenvalue weighted by molar-refractivity contribution is -0.0237. The van der Waals surface area contributed by atoms with Crippen LogP contribution in [-0.4, -0.2) is 66.2 Å². The van der Waals surface area contributed by atoms with Crippen molar-refractivity contribution in [1.29, 1.82) is 0 Å². The highest BCUT2D eigenvalue weighted by atomic mass is 16.5. The number of rotatable bonds is 12. The summed E-state index contributed by atoms with van der Waals surface area (Å²) < 4.78 is 28.8. The average molecular weight is 557 g/mol. The molecule has 2 aliphatic rings. The molecule has 0 fully saturated rings.